The maximum absolute atomic E-state index is 11.1. The molecule has 3 heteroatoms. The number of hydrogen-bond acceptors (Lipinski definition) is 3. The predicted octanol–water partition coefficient (Wildman–Crippen LogP) is 2.99. The Balaban J connectivity index is 3.76. The van der Waals surface area contributed by atoms with Gasteiger partial charge in [-0.15, -0.1) is 0 Å². The van der Waals surface area contributed by atoms with E-state index in [-0.39, 0.29) is 12.4 Å². The van der Waals surface area contributed by atoms with Crippen molar-refractivity contribution < 1.29 is 14.6 Å². The Labute approximate surface area is 104 Å². The molecule has 3 nitrogen and oxygen atoms in total. The molecule has 0 spiro atoms. The molecule has 1 unspecified atom stereocenters. The summed E-state index contributed by atoms with van der Waals surface area (Å²) in [5, 5.41) is 8.98. The van der Waals surface area contributed by atoms with Gasteiger partial charge in [0.15, 0.2) is 0 Å². The van der Waals surface area contributed by atoms with Gasteiger partial charge < -0.3 is 9.84 Å². The topological polar surface area (TPSA) is 46.5 Å². The number of allylic oxidation sites excluding steroid dienone is 3. The van der Waals surface area contributed by atoms with Gasteiger partial charge in [-0.25, -0.2) is 0 Å². The second kappa shape index (κ2) is 8.99. The highest BCUT2D eigenvalue weighted by atomic mass is 16.5. The third-order valence-electron chi connectivity index (χ3n) is 2.23. The van der Waals surface area contributed by atoms with Crippen molar-refractivity contribution in [3.63, 3.8) is 0 Å². The van der Waals surface area contributed by atoms with Gasteiger partial charge in [0.05, 0.1) is 12.5 Å². The average Bonchev–Trinajstić information content (AvgIpc) is 2.15. The van der Waals surface area contributed by atoms with Crippen molar-refractivity contribution in [1.29, 1.82) is 0 Å². The highest BCUT2D eigenvalue weighted by Gasteiger charge is 2.05. The van der Waals surface area contributed by atoms with E-state index in [0.717, 1.165) is 12.8 Å². The van der Waals surface area contributed by atoms with Gasteiger partial charge >= 0.3 is 5.97 Å². The van der Waals surface area contributed by atoms with Crippen LogP contribution in [0.25, 0.3) is 0 Å². The first kappa shape index (κ1) is 15.9. The van der Waals surface area contributed by atoms with E-state index in [1.165, 1.54) is 11.1 Å². The van der Waals surface area contributed by atoms with Crippen LogP contribution in [0.4, 0.5) is 0 Å². The monoisotopic (exact) mass is 240 g/mol. The lowest BCUT2D eigenvalue weighted by Crippen LogP contribution is -2.12. The van der Waals surface area contributed by atoms with E-state index in [0.29, 0.717) is 6.61 Å². The van der Waals surface area contributed by atoms with Crippen LogP contribution >= 0.6 is 0 Å². The fourth-order valence-electron chi connectivity index (χ4n) is 1.27. The summed E-state index contributed by atoms with van der Waals surface area (Å²) in [6.45, 7) is 8.06. The molecule has 0 amide bonds. The van der Waals surface area contributed by atoms with Crippen LogP contribution in [0.15, 0.2) is 23.3 Å². The molecule has 1 atom stereocenters. The summed E-state index contributed by atoms with van der Waals surface area (Å²) in [6, 6.07) is 0. The van der Waals surface area contributed by atoms with Gasteiger partial charge in [-0.3, -0.25) is 4.79 Å². The van der Waals surface area contributed by atoms with Crippen LogP contribution in [0.3, 0.4) is 0 Å². The van der Waals surface area contributed by atoms with E-state index >= 15 is 0 Å². The maximum atomic E-state index is 11.1. The molecular weight excluding hydrogens is 216 g/mol. The summed E-state index contributed by atoms with van der Waals surface area (Å²) in [7, 11) is 0. The summed E-state index contributed by atoms with van der Waals surface area (Å²) in [5.41, 5.74) is 2.54. The molecule has 0 bridgehead atoms. The van der Waals surface area contributed by atoms with Gasteiger partial charge in [-0.05, 0) is 46.6 Å². The molecule has 0 aliphatic rings. The summed E-state index contributed by atoms with van der Waals surface area (Å²) in [5.74, 6) is -0.353. The fraction of sp³-hybridized carbons (Fsp3) is 0.643. The lowest BCUT2D eigenvalue weighted by Gasteiger charge is -2.04. The van der Waals surface area contributed by atoms with Crippen molar-refractivity contribution in [2.75, 3.05) is 6.61 Å². The maximum Gasteiger partial charge on any atom is 0.308 e. The molecule has 0 aliphatic carbocycles. The number of ether oxygens (including phenoxy) is 1. The van der Waals surface area contributed by atoms with Gasteiger partial charge in [0.1, 0.15) is 6.61 Å². The fourth-order valence-corrected chi connectivity index (χ4v) is 1.27. The Bertz CT molecular complexity index is 284. The first-order valence-electron chi connectivity index (χ1n) is 6.04. The van der Waals surface area contributed by atoms with Crippen LogP contribution in [0.1, 0.15) is 47.0 Å². The van der Waals surface area contributed by atoms with Crippen molar-refractivity contribution in [1.82, 2.24) is 0 Å². The zero-order valence-electron chi connectivity index (χ0n) is 11.3. The van der Waals surface area contributed by atoms with E-state index in [4.69, 9.17) is 9.84 Å². The summed E-state index contributed by atoms with van der Waals surface area (Å²) in [6.07, 6.45) is 5.54. The molecule has 0 aliphatic heterocycles. The summed E-state index contributed by atoms with van der Waals surface area (Å²) >= 11 is 0. The second-order valence-corrected chi connectivity index (χ2v) is 4.61. The molecular formula is C14H24O3. The van der Waals surface area contributed by atoms with Gasteiger partial charge in [-0.1, -0.05) is 17.2 Å². The summed E-state index contributed by atoms with van der Waals surface area (Å²) < 4.78 is 4.96. The van der Waals surface area contributed by atoms with Crippen molar-refractivity contribution in [3.8, 4) is 0 Å². The average molecular weight is 240 g/mol. The molecule has 0 aromatic carbocycles. The number of aliphatic hydroxyl groups excluding tert-OH is 1. The largest absolute Gasteiger partial charge is 0.461 e. The van der Waals surface area contributed by atoms with Gasteiger partial charge in [0.2, 0.25) is 0 Å². The molecule has 98 valence electrons. The Morgan fingerprint density at radius 3 is 2.47 bits per heavy atom. The minimum absolute atomic E-state index is 0.0602. The van der Waals surface area contributed by atoms with Crippen LogP contribution < -0.4 is 0 Å². The van der Waals surface area contributed by atoms with Crippen molar-refractivity contribution in [3.05, 3.63) is 23.3 Å². The number of hydrogen-bond donors (Lipinski definition) is 1. The molecule has 0 rings (SSSR count). The van der Waals surface area contributed by atoms with Gasteiger partial charge in [0.25, 0.3) is 0 Å². The lowest BCUT2D eigenvalue weighted by molar-refractivity contribution is -0.144. The molecule has 0 saturated heterocycles. The first-order valence-corrected chi connectivity index (χ1v) is 6.04. The van der Waals surface area contributed by atoms with Crippen molar-refractivity contribution in [2.24, 2.45) is 0 Å². The zero-order chi connectivity index (χ0) is 13.3. The van der Waals surface area contributed by atoms with E-state index < -0.39 is 6.10 Å². The molecule has 0 heterocycles. The van der Waals surface area contributed by atoms with Crippen LogP contribution in [0, 0.1) is 0 Å². The van der Waals surface area contributed by atoms with E-state index in [1.54, 1.807) is 6.92 Å². The SMILES string of the molecule is CC(C)=CCC/C(C)=C/COC(=O)CC(C)O. The zero-order valence-corrected chi connectivity index (χ0v) is 11.3. The third-order valence-corrected chi connectivity index (χ3v) is 2.23. The lowest BCUT2D eigenvalue weighted by atomic mass is 10.1. The van der Waals surface area contributed by atoms with E-state index in [1.807, 2.05) is 13.0 Å². The smallest absolute Gasteiger partial charge is 0.308 e. The minimum atomic E-state index is -0.634. The normalized spacial score (nSPS) is 13.1. The minimum Gasteiger partial charge on any atom is -0.461 e. The number of carbonyl (C=O) groups excluding carboxylic acids is 1. The second-order valence-electron chi connectivity index (χ2n) is 4.61. The molecule has 0 radical (unpaired) electrons. The van der Waals surface area contributed by atoms with Crippen LogP contribution in [-0.2, 0) is 9.53 Å². The Morgan fingerprint density at radius 1 is 1.29 bits per heavy atom. The van der Waals surface area contributed by atoms with Gasteiger partial charge in [-0.2, -0.15) is 0 Å². The molecule has 1 N–H and O–H groups in total. The Kier molecular flexibility index (Phi) is 8.42. The molecule has 17 heavy (non-hydrogen) atoms. The molecule has 0 fully saturated rings. The first-order chi connectivity index (χ1) is 7.91. The number of aliphatic hydroxyl groups is 1. The van der Waals surface area contributed by atoms with Gasteiger partial charge in [0, 0.05) is 0 Å². The number of carbonyl (C=O) groups is 1. The molecule has 0 aromatic heterocycles. The highest BCUT2D eigenvalue weighted by molar-refractivity contribution is 5.69. The standard InChI is InChI=1S/C14H24O3/c1-11(2)6-5-7-12(3)8-9-17-14(16)10-13(4)15/h6,8,13,15H,5,7,9-10H2,1-4H3/b12-8+. The third kappa shape index (κ3) is 11.2. The quantitative estimate of drug-likeness (QED) is 0.549. The number of esters is 1. The van der Waals surface area contributed by atoms with Crippen molar-refractivity contribution in [2.45, 2.75) is 53.1 Å². The van der Waals surface area contributed by atoms with Crippen LogP contribution in [0.2, 0.25) is 0 Å². The molecule has 0 aromatic rings. The molecule has 0 saturated carbocycles. The van der Waals surface area contributed by atoms with Crippen LogP contribution in [0.5, 0.6) is 0 Å². The van der Waals surface area contributed by atoms with Crippen LogP contribution in [-0.4, -0.2) is 23.8 Å². The Morgan fingerprint density at radius 2 is 1.94 bits per heavy atom. The van der Waals surface area contributed by atoms with E-state index in [2.05, 4.69) is 19.9 Å². The highest BCUT2D eigenvalue weighted by Crippen LogP contribution is 2.06. The van der Waals surface area contributed by atoms with E-state index in [9.17, 15) is 4.79 Å². The van der Waals surface area contributed by atoms with Crippen molar-refractivity contribution >= 4 is 5.97 Å². The number of rotatable bonds is 7. The predicted molar refractivity (Wildman–Crippen MR) is 69.7 cm³/mol. The Hall–Kier alpha value is -1.09. The summed E-state index contributed by atoms with van der Waals surface area (Å²) in [4.78, 5) is 11.1.